The largest absolute Gasteiger partial charge is 0.0654 e. The van der Waals surface area contributed by atoms with Gasteiger partial charge in [0.2, 0.25) is 0 Å². The van der Waals surface area contributed by atoms with Crippen molar-refractivity contribution in [1.82, 2.24) is 0 Å². The molecule has 0 spiro atoms. The smallest absolute Gasteiger partial charge is 0.0162 e. The van der Waals surface area contributed by atoms with Crippen molar-refractivity contribution in [2.45, 2.75) is 148 Å². The minimum atomic E-state index is 0.837. The minimum Gasteiger partial charge on any atom is -0.0654 e. The molecule has 0 aromatic heterocycles. The second-order valence-electron chi connectivity index (χ2n) is 12.8. The van der Waals surface area contributed by atoms with Crippen LogP contribution in [-0.2, 0) is 6.42 Å². The summed E-state index contributed by atoms with van der Waals surface area (Å²) in [5, 5.41) is 0. The first-order chi connectivity index (χ1) is 16.7. The molecule has 0 radical (unpaired) electrons. The molecule has 0 unspecified atom stereocenters. The molecule has 192 valence electrons. The molecule has 0 aliphatic heterocycles. The van der Waals surface area contributed by atoms with E-state index in [9.17, 15) is 0 Å². The van der Waals surface area contributed by atoms with E-state index in [0.29, 0.717) is 0 Å². The molecule has 3 fully saturated rings. The molecule has 3 saturated carbocycles. The summed E-state index contributed by atoms with van der Waals surface area (Å²) in [4.78, 5) is 0. The molecular formula is C34H56. The van der Waals surface area contributed by atoms with E-state index in [1.54, 1.807) is 36.8 Å². The van der Waals surface area contributed by atoms with Crippen LogP contribution in [0.4, 0.5) is 0 Å². The Labute approximate surface area is 213 Å². The Balaban J connectivity index is 1.12. The Morgan fingerprint density at radius 3 is 1.44 bits per heavy atom. The van der Waals surface area contributed by atoms with Crippen molar-refractivity contribution in [1.29, 1.82) is 0 Å². The maximum absolute atomic E-state index is 2.49. The lowest BCUT2D eigenvalue weighted by Crippen LogP contribution is -2.26. The first-order valence-electron chi connectivity index (χ1n) is 15.8. The average molecular weight is 465 g/mol. The maximum atomic E-state index is 2.49. The number of rotatable bonds is 11. The topological polar surface area (TPSA) is 0 Å². The van der Waals surface area contributed by atoms with E-state index in [0.717, 1.165) is 35.5 Å². The second kappa shape index (κ2) is 14.1. The van der Waals surface area contributed by atoms with Gasteiger partial charge < -0.3 is 0 Å². The quantitative estimate of drug-likeness (QED) is 0.305. The predicted octanol–water partition coefficient (Wildman–Crippen LogP) is 10.9. The zero-order valence-corrected chi connectivity index (χ0v) is 22.9. The minimum absolute atomic E-state index is 0.837. The van der Waals surface area contributed by atoms with Crippen LogP contribution in [0.3, 0.4) is 0 Å². The van der Waals surface area contributed by atoms with Crippen molar-refractivity contribution >= 4 is 0 Å². The second-order valence-corrected chi connectivity index (χ2v) is 12.8. The SMILES string of the molecule is CCCCC1CCC(c2ccc(CCC3CCC(C4CCC(CCCC)CC4)CC3)cc2)CC1. The number of hydrogen-bond donors (Lipinski definition) is 0. The van der Waals surface area contributed by atoms with Gasteiger partial charge in [0.15, 0.2) is 0 Å². The third-order valence-corrected chi connectivity index (χ3v) is 10.5. The van der Waals surface area contributed by atoms with Crippen LogP contribution in [0.25, 0.3) is 0 Å². The van der Waals surface area contributed by atoms with Gasteiger partial charge in [0.05, 0.1) is 0 Å². The number of unbranched alkanes of at least 4 members (excludes halogenated alkanes) is 2. The van der Waals surface area contributed by atoms with Crippen molar-refractivity contribution in [2.75, 3.05) is 0 Å². The summed E-state index contributed by atoms with van der Waals surface area (Å²) in [6, 6.07) is 9.92. The third kappa shape index (κ3) is 7.86. The van der Waals surface area contributed by atoms with Gasteiger partial charge in [-0.25, -0.2) is 0 Å². The van der Waals surface area contributed by atoms with Gasteiger partial charge in [0.1, 0.15) is 0 Å². The average Bonchev–Trinajstić information content (AvgIpc) is 2.91. The van der Waals surface area contributed by atoms with Gasteiger partial charge >= 0.3 is 0 Å². The Morgan fingerprint density at radius 2 is 0.971 bits per heavy atom. The zero-order chi connectivity index (χ0) is 23.6. The molecule has 4 rings (SSSR count). The number of benzene rings is 1. The molecule has 0 bridgehead atoms. The molecule has 0 N–H and O–H groups in total. The van der Waals surface area contributed by atoms with Crippen LogP contribution in [0.2, 0.25) is 0 Å². The molecule has 0 nitrogen and oxygen atoms in total. The Morgan fingerprint density at radius 1 is 0.529 bits per heavy atom. The summed E-state index contributed by atoms with van der Waals surface area (Å²) < 4.78 is 0. The van der Waals surface area contributed by atoms with Crippen molar-refractivity contribution < 1.29 is 0 Å². The highest BCUT2D eigenvalue weighted by Gasteiger charge is 2.30. The van der Waals surface area contributed by atoms with E-state index in [2.05, 4.69) is 38.1 Å². The van der Waals surface area contributed by atoms with E-state index >= 15 is 0 Å². The van der Waals surface area contributed by atoms with Gasteiger partial charge in [-0.15, -0.1) is 0 Å². The number of aryl methyl sites for hydroxylation is 1. The van der Waals surface area contributed by atoms with E-state index < -0.39 is 0 Å². The summed E-state index contributed by atoms with van der Waals surface area (Å²) in [6.07, 6.45) is 29.4. The van der Waals surface area contributed by atoms with E-state index in [1.165, 1.54) is 103 Å². The van der Waals surface area contributed by atoms with Crippen LogP contribution in [0, 0.1) is 29.6 Å². The zero-order valence-electron chi connectivity index (χ0n) is 22.9. The molecule has 0 amide bonds. The molecular weight excluding hydrogens is 408 g/mol. The lowest BCUT2D eigenvalue weighted by Gasteiger charge is -2.38. The van der Waals surface area contributed by atoms with E-state index in [-0.39, 0.29) is 0 Å². The van der Waals surface area contributed by atoms with Crippen LogP contribution in [-0.4, -0.2) is 0 Å². The molecule has 1 aromatic rings. The van der Waals surface area contributed by atoms with Crippen molar-refractivity contribution in [3.63, 3.8) is 0 Å². The molecule has 0 saturated heterocycles. The van der Waals surface area contributed by atoms with Crippen molar-refractivity contribution in [2.24, 2.45) is 29.6 Å². The van der Waals surface area contributed by atoms with Crippen LogP contribution in [0.5, 0.6) is 0 Å². The summed E-state index contributed by atoms with van der Waals surface area (Å²) in [6.45, 7) is 4.68. The number of hydrogen-bond acceptors (Lipinski definition) is 0. The first kappa shape index (κ1) is 26.3. The maximum Gasteiger partial charge on any atom is -0.0162 e. The fraction of sp³-hybridized carbons (Fsp3) is 0.824. The van der Waals surface area contributed by atoms with Crippen LogP contribution < -0.4 is 0 Å². The summed E-state index contributed by atoms with van der Waals surface area (Å²) in [5.41, 5.74) is 3.22. The Kier molecular flexibility index (Phi) is 10.9. The lowest BCUT2D eigenvalue weighted by molar-refractivity contribution is 0.140. The van der Waals surface area contributed by atoms with Crippen LogP contribution >= 0.6 is 0 Å². The lowest BCUT2D eigenvalue weighted by atomic mass is 9.68. The van der Waals surface area contributed by atoms with Gasteiger partial charge in [-0.1, -0.05) is 102 Å². The first-order valence-corrected chi connectivity index (χ1v) is 15.8. The fourth-order valence-electron chi connectivity index (χ4n) is 7.99. The third-order valence-electron chi connectivity index (χ3n) is 10.5. The molecule has 1 aromatic carbocycles. The highest BCUT2D eigenvalue weighted by atomic mass is 14.4. The summed E-state index contributed by atoms with van der Waals surface area (Å²) >= 11 is 0. The Hall–Kier alpha value is -0.780. The highest BCUT2D eigenvalue weighted by Crippen LogP contribution is 2.43. The Bertz CT molecular complexity index is 648. The van der Waals surface area contributed by atoms with E-state index in [4.69, 9.17) is 0 Å². The van der Waals surface area contributed by atoms with Crippen LogP contribution in [0.1, 0.15) is 153 Å². The van der Waals surface area contributed by atoms with Gasteiger partial charge in [-0.05, 0) is 111 Å². The van der Waals surface area contributed by atoms with Gasteiger partial charge in [-0.2, -0.15) is 0 Å². The van der Waals surface area contributed by atoms with Gasteiger partial charge in [-0.3, -0.25) is 0 Å². The molecule has 3 aliphatic carbocycles. The standard InChI is InChI=1S/C34H56/c1-3-5-7-27-11-19-31(20-12-27)33-23-15-29(16-24-33)9-10-30-17-25-34(26-18-30)32-21-13-28(14-22-32)8-6-4-2/h15-16,23-24,27-28,30-32,34H,3-14,17-22,25-26H2,1-2H3. The van der Waals surface area contributed by atoms with Crippen LogP contribution in [0.15, 0.2) is 24.3 Å². The summed E-state index contributed by atoms with van der Waals surface area (Å²) in [7, 11) is 0. The van der Waals surface area contributed by atoms with Gasteiger partial charge in [0.25, 0.3) is 0 Å². The highest BCUT2D eigenvalue weighted by molar-refractivity contribution is 5.26. The van der Waals surface area contributed by atoms with Crippen molar-refractivity contribution in [3.05, 3.63) is 35.4 Å². The molecule has 0 heterocycles. The fourth-order valence-corrected chi connectivity index (χ4v) is 7.99. The molecule has 0 atom stereocenters. The molecule has 34 heavy (non-hydrogen) atoms. The molecule has 3 aliphatic rings. The van der Waals surface area contributed by atoms with E-state index in [1.807, 2.05) is 0 Å². The monoisotopic (exact) mass is 464 g/mol. The van der Waals surface area contributed by atoms with Gasteiger partial charge in [0, 0.05) is 0 Å². The summed E-state index contributed by atoms with van der Waals surface area (Å²) in [5.74, 6) is 6.07. The molecule has 0 heteroatoms. The predicted molar refractivity (Wildman–Crippen MR) is 149 cm³/mol. The van der Waals surface area contributed by atoms with Crippen molar-refractivity contribution in [3.8, 4) is 0 Å². The normalized spacial score (nSPS) is 32.5.